The molecule has 5 heteroatoms. The number of rotatable bonds is 6. The lowest BCUT2D eigenvalue weighted by molar-refractivity contribution is -0.115. The van der Waals surface area contributed by atoms with Crippen molar-refractivity contribution < 1.29 is 19.1 Å². The van der Waals surface area contributed by atoms with Crippen LogP contribution < -0.4 is 14.8 Å². The number of carbonyl (C=O) groups is 2. The van der Waals surface area contributed by atoms with E-state index in [4.69, 9.17) is 9.47 Å². The largest absolute Gasteiger partial charge is 0.496 e. The minimum absolute atomic E-state index is 0.0430. The third-order valence-corrected chi connectivity index (χ3v) is 3.77. The number of Topliss-reactive ketones (excluding diaryl/α,β-unsaturated/α-hetero) is 1. The number of amides is 1. The summed E-state index contributed by atoms with van der Waals surface area (Å²) in [5.41, 5.74) is 2.78. The molecular weight excluding hydrogens is 306 g/mol. The van der Waals surface area contributed by atoms with E-state index in [-0.39, 0.29) is 18.1 Å². The predicted octanol–water partition coefficient (Wildman–Crippen LogP) is 3.40. The van der Waals surface area contributed by atoms with Gasteiger partial charge >= 0.3 is 0 Å². The molecule has 0 radical (unpaired) electrons. The number of anilines is 1. The van der Waals surface area contributed by atoms with Gasteiger partial charge in [-0.25, -0.2) is 0 Å². The molecular formula is C19H21NO4. The normalized spacial score (nSPS) is 10.2. The smallest absolute Gasteiger partial charge is 0.228 e. The van der Waals surface area contributed by atoms with Gasteiger partial charge < -0.3 is 14.8 Å². The number of ether oxygens (including phenoxy) is 2. The summed E-state index contributed by atoms with van der Waals surface area (Å²) in [5, 5.41) is 2.81. The molecule has 2 aromatic carbocycles. The maximum Gasteiger partial charge on any atom is 0.228 e. The van der Waals surface area contributed by atoms with Crippen LogP contribution >= 0.6 is 0 Å². The van der Waals surface area contributed by atoms with E-state index in [2.05, 4.69) is 5.32 Å². The van der Waals surface area contributed by atoms with Gasteiger partial charge in [0.25, 0.3) is 0 Å². The standard InChI is InChI=1S/C19H21NO4/c1-12-17(23-3)9-8-15(19(12)24-4)11-18(22)20-16-7-5-6-14(10-16)13(2)21/h5-10H,11H2,1-4H3,(H,20,22). The summed E-state index contributed by atoms with van der Waals surface area (Å²) in [4.78, 5) is 23.7. The highest BCUT2D eigenvalue weighted by Crippen LogP contribution is 2.31. The van der Waals surface area contributed by atoms with Crippen molar-refractivity contribution in [1.29, 1.82) is 0 Å². The van der Waals surface area contributed by atoms with Crippen molar-refractivity contribution in [2.75, 3.05) is 19.5 Å². The first-order valence-electron chi connectivity index (χ1n) is 7.57. The fourth-order valence-electron chi connectivity index (χ4n) is 2.57. The zero-order valence-electron chi connectivity index (χ0n) is 14.3. The van der Waals surface area contributed by atoms with Crippen LogP contribution in [0.5, 0.6) is 11.5 Å². The van der Waals surface area contributed by atoms with Gasteiger partial charge in [0.15, 0.2) is 5.78 Å². The number of nitrogens with one attached hydrogen (secondary N) is 1. The van der Waals surface area contributed by atoms with Crippen molar-refractivity contribution in [2.24, 2.45) is 0 Å². The van der Waals surface area contributed by atoms with E-state index < -0.39 is 0 Å². The molecule has 0 aliphatic heterocycles. The van der Waals surface area contributed by atoms with Crippen molar-refractivity contribution in [3.8, 4) is 11.5 Å². The molecule has 0 fully saturated rings. The lowest BCUT2D eigenvalue weighted by Gasteiger charge is -2.14. The number of methoxy groups -OCH3 is 2. The molecule has 0 aromatic heterocycles. The van der Waals surface area contributed by atoms with E-state index in [1.54, 1.807) is 38.5 Å². The molecule has 1 N–H and O–H groups in total. The second-order valence-corrected chi connectivity index (χ2v) is 5.45. The van der Waals surface area contributed by atoms with Gasteiger partial charge in [-0.05, 0) is 32.0 Å². The Morgan fingerprint density at radius 1 is 1.08 bits per heavy atom. The SMILES string of the molecule is COc1ccc(CC(=O)Nc2cccc(C(C)=O)c2)c(OC)c1C. The summed E-state index contributed by atoms with van der Waals surface area (Å²) < 4.78 is 10.7. The number of benzene rings is 2. The summed E-state index contributed by atoms with van der Waals surface area (Å²) in [5.74, 6) is 1.13. The van der Waals surface area contributed by atoms with Crippen LogP contribution in [0.3, 0.4) is 0 Å². The van der Waals surface area contributed by atoms with Crippen LogP contribution in [0.1, 0.15) is 28.4 Å². The maximum absolute atomic E-state index is 12.3. The van der Waals surface area contributed by atoms with Gasteiger partial charge in [-0.15, -0.1) is 0 Å². The van der Waals surface area contributed by atoms with Gasteiger partial charge in [-0.2, -0.15) is 0 Å². The first kappa shape index (κ1) is 17.5. The monoisotopic (exact) mass is 327 g/mol. The third kappa shape index (κ3) is 3.93. The minimum atomic E-state index is -0.182. The average molecular weight is 327 g/mol. The van der Waals surface area contributed by atoms with Crippen LogP contribution in [-0.2, 0) is 11.2 Å². The highest BCUT2D eigenvalue weighted by Gasteiger charge is 2.14. The Bertz CT molecular complexity index is 768. The number of hydrogen-bond donors (Lipinski definition) is 1. The fraction of sp³-hybridized carbons (Fsp3) is 0.263. The summed E-state index contributed by atoms with van der Waals surface area (Å²) in [6, 6.07) is 10.5. The lowest BCUT2D eigenvalue weighted by Crippen LogP contribution is -2.15. The molecule has 126 valence electrons. The summed E-state index contributed by atoms with van der Waals surface area (Å²) in [7, 11) is 3.16. The van der Waals surface area contributed by atoms with Gasteiger partial charge in [-0.3, -0.25) is 9.59 Å². The molecule has 0 heterocycles. The van der Waals surface area contributed by atoms with E-state index in [9.17, 15) is 9.59 Å². The lowest BCUT2D eigenvalue weighted by atomic mass is 10.1. The molecule has 0 aliphatic rings. The van der Waals surface area contributed by atoms with Crippen LogP contribution in [0, 0.1) is 6.92 Å². The Hall–Kier alpha value is -2.82. The zero-order chi connectivity index (χ0) is 17.7. The van der Waals surface area contributed by atoms with Crippen LogP contribution in [0.15, 0.2) is 36.4 Å². The van der Waals surface area contributed by atoms with E-state index >= 15 is 0 Å². The Labute approximate surface area is 141 Å². The van der Waals surface area contributed by atoms with Gasteiger partial charge in [0.2, 0.25) is 5.91 Å². The molecule has 0 aliphatic carbocycles. The second kappa shape index (κ2) is 7.64. The summed E-state index contributed by atoms with van der Waals surface area (Å²) in [6.07, 6.45) is 0.165. The zero-order valence-corrected chi connectivity index (χ0v) is 14.3. The van der Waals surface area contributed by atoms with Crippen LogP contribution in [0.4, 0.5) is 5.69 Å². The molecule has 1 amide bonds. The van der Waals surface area contributed by atoms with Gasteiger partial charge in [-0.1, -0.05) is 18.2 Å². The molecule has 2 aromatic rings. The molecule has 0 saturated heterocycles. The summed E-state index contributed by atoms with van der Waals surface area (Å²) >= 11 is 0. The van der Waals surface area contributed by atoms with Crippen molar-refractivity contribution in [2.45, 2.75) is 20.3 Å². The summed E-state index contributed by atoms with van der Waals surface area (Å²) in [6.45, 7) is 3.38. The topological polar surface area (TPSA) is 64.6 Å². The molecule has 0 atom stereocenters. The molecule has 0 spiro atoms. The number of hydrogen-bond acceptors (Lipinski definition) is 4. The average Bonchev–Trinajstić information content (AvgIpc) is 2.55. The molecule has 0 bridgehead atoms. The first-order chi connectivity index (χ1) is 11.5. The highest BCUT2D eigenvalue weighted by molar-refractivity contribution is 5.97. The number of ketones is 1. The Morgan fingerprint density at radius 3 is 2.46 bits per heavy atom. The van der Waals surface area contributed by atoms with Crippen LogP contribution in [0.25, 0.3) is 0 Å². The molecule has 0 unspecified atom stereocenters. The fourth-order valence-corrected chi connectivity index (χ4v) is 2.57. The Morgan fingerprint density at radius 2 is 1.83 bits per heavy atom. The minimum Gasteiger partial charge on any atom is -0.496 e. The molecule has 2 rings (SSSR count). The van der Waals surface area contributed by atoms with E-state index in [0.29, 0.717) is 22.7 Å². The molecule has 5 nitrogen and oxygen atoms in total. The highest BCUT2D eigenvalue weighted by atomic mass is 16.5. The van der Waals surface area contributed by atoms with Gasteiger partial charge in [0, 0.05) is 22.4 Å². The van der Waals surface area contributed by atoms with E-state index in [1.807, 2.05) is 19.1 Å². The third-order valence-electron chi connectivity index (χ3n) is 3.77. The maximum atomic E-state index is 12.3. The van der Waals surface area contributed by atoms with Crippen molar-refractivity contribution >= 4 is 17.4 Å². The van der Waals surface area contributed by atoms with Crippen molar-refractivity contribution in [3.63, 3.8) is 0 Å². The number of carbonyl (C=O) groups excluding carboxylic acids is 2. The predicted molar refractivity (Wildman–Crippen MR) is 93.1 cm³/mol. The van der Waals surface area contributed by atoms with Crippen LogP contribution in [-0.4, -0.2) is 25.9 Å². The van der Waals surface area contributed by atoms with Crippen molar-refractivity contribution in [3.05, 3.63) is 53.1 Å². The van der Waals surface area contributed by atoms with Crippen LogP contribution in [0.2, 0.25) is 0 Å². The Kier molecular flexibility index (Phi) is 5.58. The molecule has 0 saturated carbocycles. The van der Waals surface area contributed by atoms with Gasteiger partial charge in [0.05, 0.1) is 20.6 Å². The molecule has 24 heavy (non-hydrogen) atoms. The first-order valence-corrected chi connectivity index (χ1v) is 7.57. The second-order valence-electron chi connectivity index (χ2n) is 5.45. The Balaban J connectivity index is 2.17. The van der Waals surface area contributed by atoms with E-state index in [1.165, 1.54) is 6.92 Å². The van der Waals surface area contributed by atoms with Gasteiger partial charge in [0.1, 0.15) is 11.5 Å². The quantitative estimate of drug-likeness (QED) is 0.826. The van der Waals surface area contributed by atoms with E-state index in [0.717, 1.165) is 11.1 Å². The van der Waals surface area contributed by atoms with Crippen molar-refractivity contribution in [1.82, 2.24) is 0 Å².